The topological polar surface area (TPSA) is 70.8 Å². The van der Waals surface area contributed by atoms with E-state index in [1.807, 2.05) is 30.3 Å². The minimum Gasteiger partial charge on any atom is -0.480 e. The Hall–Kier alpha value is -2.30. The molecule has 116 valence electrons. The van der Waals surface area contributed by atoms with Crippen LogP contribution in [0.4, 0.5) is 0 Å². The summed E-state index contributed by atoms with van der Waals surface area (Å²) in [6.07, 6.45) is 3.07. The molecule has 1 aliphatic heterocycles. The third-order valence-electron chi connectivity index (χ3n) is 4.17. The molecule has 1 aliphatic rings. The van der Waals surface area contributed by atoms with E-state index in [9.17, 15) is 14.7 Å². The van der Waals surface area contributed by atoms with Crippen molar-refractivity contribution in [1.29, 1.82) is 0 Å². The summed E-state index contributed by atoms with van der Waals surface area (Å²) in [5.41, 5.74) is 0.811. The van der Waals surface area contributed by atoms with Gasteiger partial charge in [0.05, 0.1) is 0 Å². The van der Waals surface area contributed by atoms with Gasteiger partial charge in [-0.3, -0.25) is 4.79 Å². The Morgan fingerprint density at radius 3 is 2.86 bits per heavy atom. The molecular weight excluding hydrogens is 282 g/mol. The van der Waals surface area contributed by atoms with E-state index < -0.39 is 12.0 Å². The molecule has 0 aliphatic carbocycles. The number of carboxylic acids is 1. The summed E-state index contributed by atoms with van der Waals surface area (Å²) in [6.45, 7) is 0.538. The number of furan rings is 1. The number of piperidine rings is 1. The largest absolute Gasteiger partial charge is 0.480 e. The van der Waals surface area contributed by atoms with Crippen LogP contribution in [0.5, 0.6) is 0 Å². The average molecular weight is 301 g/mol. The highest BCUT2D eigenvalue weighted by Crippen LogP contribution is 2.22. The number of rotatable bonds is 4. The summed E-state index contributed by atoms with van der Waals surface area (Å²) in [6, 6.07) is 8.98. The summed E-state index contributed by atoms with van der Waals surface area (Å²) in [4.78, 5) is 25.1. The molecule has 0 unspecified atom stereocenters. The lowest BCUT2D eigenvalue weighted by Gasteiger charge is -2.33. The molecular formula is C17H19NO4. The molecule has 0 spiro atoms. The molecule has 22 heavy (non-hydrogen) atoms. The SMILES string of the molecule is O=C(O)[C@@H]1CCCCN1C(=O)CCc1cc2ccccc2o1. The van der Waals surface area contributed by atoms with Crippen LogP contribution < -0.4 is 0 Å². The van der Waals surface area contributed by atoms with Crippen LogP contribution in [0, 0.1) is 0 Å². The molecule has 1 fully saturated rings. The van der Waals surface area contributed by atoms with Gasteiger partial charge in [0.2, 0.25) is 5.91 Å². The lowest BCUT2D eigenvalue weighted by molar-refractivity contribution is -0.152. The van der Waals surface area contributed by atoms with E-state index in [-0.39, 0.29) is 12.3 Å². The summed E-state index contributed by atoms with van der Waals surface area (Å²) in [7, 11) is 0. The standard InChI is InChI=1S/C17H19NO4/c19-16(18-10-4-3-6-14(18)17(20)21)9-8-13-11-12-5-1-2-7-15(12)22-13/h1-2,5,7,11,14H,3-4,6,8-10H2,(H,20,21)/t14-/m0/s1. The van der Waals surface area contributed by atoms with Crippen molar-refractivity contribution in [3.8, 4) is 0 Å². The number of nitrogens with zero attached hydrogens (tertiary/aromatic N) is 1. The predicted octanol–water partition coefficient (Wildman–Crippen LogP) is 2.83. The molecule has 5 nitrogen and oxygen atoms in total. The number of carbonyl (C=O) groups excluding carboxylic acids is 1. The number of hydrogen-bond donors (Lipinski definition) is 1. The van der Waals surface area contributed by atoms with Gasteiger partial charge in [0.1, 0.15) is 17.4 Å². The number of benzene rings is 1. The molecule has 1 amide bonds. The van der Waals surface area contributed by atoms with Gasteiger partial charge in [-0.15, -0.1) is 0 Å². The van der Waals surface area contributed by atoms with Gasteiger partial charge >= 0.3 is 5.97 Å². The first-order valence-corrected chi connectivity index (χ1v) is 7.65. The smallest absolute Gasteiger partial charge is 0.326 e. The summed E-state index contributed by atoms with van der Waals surface area (Å²) < 4.78 is 5.69. The summed E-state index contributed by atoms with van der Waals surface area (Å²) >= 11 is 0. The third kappa shape index (κ3) is 2.98. The van der Waals surface area contributed by atoms with Gasteiger partial charge in [-0.2, -0.15) is 0 Å². The number of carbonyl (C=O) groups is 2. The van der Waals surface area contributed by atoms with Crippen molar-refractivity contribution in [1.82, 2.24) is 4.90 Å². The quantitative estimate of drug-likeness (QED) is 0.942. The van der Waals surface area contributed by atoms with Crippen LogP contribution in [0.25, 0.3) is 11.0 Å². The molecule has 0 saturated carbocycles. The van der Waals surface area contributed by atoms with E-state index in [0.29, 0.717) is 19.4 Å². The van der Waals surface area contributed by atoms with Crippen LogP contribution in [0.1, 0.15) is 31.4 Å². The first-order valence-electron chi connectivity index (χ1n) is 7.65. The van der Waals surface area contributed by atoms with Gasteiger partial charge < -0.3 is 14.4 Å². The molecule has 2 aromatic rings. The second kappa shape index (κ2) is 6.22. The van der Waals surface area contributed by atoms with Gasteiger partial charge in [-0.25, -0.2) is 4.79 Å². The van der Waals surface area contributed by atoms with E-state index in [1.165, 1.54) is 4.90 Å². The van der Waals surface area contributed by atoms with Crippen LogP contribution in [0.2, 0.25) is 0 Å². The van der Waals surface area contributed by atoms with Gasteiger partial charge in [-0.1, -0.05) is 18.2 Å². The molecule has 1 N–H and O–H groups in total. The molecule has 3 rings (SSSR count). The van der Waals surface area contributed by atoms with E-state index in [0.717, 1.165) is 29.6 Å². The highest BCUT2D eigenvalue weighted by Gasteiger charge is 2.31. The molecule has 1 saturated heterocycles. The van der Waals surface area contributed by atoms with Crippen LogP contribution in [0.15, 0.2) is 34.7 Å². The Morgan fingerprint density at radius 2 is 2.09 bits per heavy atom. The van der Waals surface area contributed by atoms with Crippen LogP contribution >= 0.6 is 0 Å². The van der Waals surface area contributed by atoms with Crippen molar-refractivity contribution < 1.29 is 19.1 Å². The van der Waals surface area contributed by atoms with Gasteiger partial charge in [0, 0.05) is 24.8 Å². The molecule has 2 heterocycles. The fraction of sp³-hybridized carbons (Fsp3) is 0.412. The Morgan fingerprint density at radius 1 is 1.27 bits per heavy atom. The van der Waals surface area contributed by atoms with E-state index in [1.54, 1.807) is 0 Å². The predicted molar refractivity (Wildman–Crippen MR) is 81.5 cm³/mol. The maximum Gasteiger partial charge on any atom is 0.326 e. The first-order chi connectivity index (χ1) is 10.6. The number of aliphatic carboxylic acids is 1. The fourth-order valence-electron chi connectivity index (χ4n) is 3.02. The molecule has 1 aromatic heterocycles. The molecule has 0 bridgehead atoms. The molecule has 1 atom stereocenters. The number of likely N-dealkylation sites (tertiary alicyclic amines) is 1. The second-order valence-corrected chi connectivity index (χ2v) is 5.69. The van der Waals surface area contributed by atoms with Crippen LogP contribution in [-0.2, 0) is 16.0 Å². The Kier molecular flexibility index (Phi) is 4.13. The Labute approximate surface area is 128 Å². The van der Waals surface area contributed by atoms with Crippen molar-refractivity contribution in [2.75, 3.05) is 6.54 Å². The van der Waals surface area contributed by atoms with Crippen molar-refractivity contribution in [3.05, 3.63) is 36.1 Å². The number of fused-ring (bicyclic) bond motifs is 1. The maximum absolute atomic E-state index is 12.3. The first kappa shape index (κ1) is 14.6. The second-order valence-electron chi connectivity index (χ2n) is 5.69. The Bertz CT molecular complexity index is 658. The van der Waals surface area contributed by atoms with Gasteiger partial charge in [0.25, 0.3) is 0 Å². The van der Waals surface area contributed by atoms with Crippen molar-refractivity contribution in [2.45, 2.75) is 38.1 Å². The zero-order chi connectivity index (χ0) is 15.5. The normalized spacial score (nSPS) is 18.5. The number of amides is 1. The van der Waals surface area contributed by atoms with Gasteiger partial charge in [0.15, 0.2) is 0 Å². The number of aryl methyl sites for hydroxylation is 1. The highest BCUT2D eigenvalue weighted by molar-refractivity contribution is 5.84. The van der Waals surface area contributed by atoms with E-state index >= 15 is 0 Å². The lowest BCUT2D eigenvalue weighted by Crippen LogP contribution is -2.48. The molecule has 1 aromatic carbocycles. The maximum atomic E-state index is 12.3. The van der Waals surface area contributed by atoms with Crippen molar-refractivity contribution in [3.63, 3.8) is 0 Å². The monoisotopic (exact) mass is 301 g/mol. The third-order valence-corrected chi connectivity index (χ3v) is 4.17. The summed E-state index contributed by atoms with van der Waals surface area (Å²) in [5.74, 6) is -0.247. The van der Waals surface area contributed by atoms with Crippen LogP contribution in [-0.4, -0.2) is 34.5 Å². The Balaban J connectivity index is 1.64. The summed E-state index contributed by atoms with van der Waals surface area (Å²) in [5, 5.41) is 10.2. The lowest BCUT2D eigenvalue weighted by atomic mass is 10.0. The van der Waals surface area contributed by atoms with Crippen molar-refractivity contribution in [2.24, 2.45) is 0 Å². The molecule has 5 heteroatoms. The number of carboxylic acid groups (broad SMARTS) is 1. The van der Waals surface area contributed by atoms with Crippen LogP contribution in [0.3, 0.4) is 0 Å². The minimum atomic E-state index is -0.906. The van der Waals surface area contributed by atoms with E-state index in [4.69, 9.17) is 4.42 Å². The van der Waals surface area contributed by atoms with Gasteiger partial charge in [-0.05, 0) is 31.4 Å². The van der Waals surface area contributed by atoms with E-state index in [2.05, 4.69) is 0 Å². The highest BCUT2D eigenvalue weighted by atomic mass is 16.4. The van der Waals surface area contributed by atoms with Crippen molar-refractivity contribution >= 4 is 22.8 Å². The minimum absolute atomic E-state index is 0.104. The zero-order valence-corrected chi connectivity index (χ0v) is 12.3. The molecule has 0 radical (unpaired) electrons. The number of para-hydroxylation sites is 1. The average Bonchev–Trinajstić information content (AvgIpc) is 2.95. The number of hydrogen-bond acceptors (Lipinski definition) is 3. The fourth-order valence-corrected chi connectivity index (χ4v) is 3.02. The zero-order valence-electron chi connectivity index (χ0n) is 12.3.